The lowest BCUT2D eigenvalue weighted by Gasteiger charge is -2.08. The van der Waals surface area contributed by atoms with Gasteiger partial charge >= 0.3 is 0 Å². The van der Waals surface area contributed by atoms with Crippen molar-refractivity contribution in [3.63, 3.8) is 0 Å². The molecule has 0 atom stereocenters. The summed E-state index contributed by atoms with van der Waals surface area (Å²) in [6, 6.07) is 4.83. The van der Waals surface area contributed by atoms with Crippen molar-refractivity contribution in [3.05, 3.63) is 47.8 Å². The van der Waals surface area contributed by atoms with Gasteiger partial charge in [0, 0.05) is 7.05 Å². The number of nitrogens with zero attached hydrogens (tertiary/aromatic N) is 2. The Morgan fingerprint density at radius 3 is 2.88 bits per heavy atom. The minimum Gasteiger partial charge on any atom is -0.487 e. The van der Waals surface area contributed by atoms with Crippen LogP contribution in [0.25, 0.3) is 0 Å². The number of hydrogen-bond donors (Lipinski definition) is 0. The Labute approximate surface area is 99.9 Å². The third-order valence-electron chi connectivity index (χ3n) is 2.70. The van der Waals surface area contributed by atoms with E-state index in [1.165, 1.54) is 6.07 Å². The predicted octanol–water partition coefficient (Wildman–Crippen LogP) is 2.70. The van der Waals surface area contributed by atoms with Crippen LogP contribution in [0.1, 0.15) is 18.2 Å². The molecule has 0 saturated carbocycles. The summed E-state index contributed by atoms with van der Waals surface area (Å²) in [7, 11) is 1.91. The summed E-state index contributed by atoms with van der Waals surface area (Å²) in [5.74, 6) is 0.504. The van der Waals surface area contributed by atoms with Crippen molar-refractivity contribution in [2.75, 3.05) is 0 Å². The highest BCUT2D eigenvalue weighted by molar-refractivity contribution is 5.29. The molecule has 0 aliphatic carbocycles. The molecule has 0 saturated heterocycles. The van der Waals surface area contributed by atoms with Gasteiger partial charge in [-0.25, -0.2) is 9.37 Å². The monoisotopic (exact) mass is 234 g/mol. The summed E-state index contributed by atoms with van der Waals surface area (Å²) in [6.45, 7) is 2.36. The molecular weight excluding hydrogens is 219 g/mol. The van der Waals surface area contributed by atoms with E-state index in [2.05, 4.69) is 4.98 Å². The number of imidazole rings is 1. The molecule has 1 aromatic heterocycles. The number of aromatic nitrogens is 2. The first-order valence-corrected chi connectivity index (χ1v) is 5.57. The van der Waals surface area contributed by atoms with Crippen molar-refractivity contribution < 1.29 is 9.13 Å². The van der Waals surface area contributed by atoms with E-state index < -0.39 is 0 Å². The second-order valence-corrected chi connectivity index (χ2v) is 3.89. The Bertz CT molecular complexity index is 508. The minimum atomic E-state index is -0.180. The van der Waals surface area contributed by atoms with Crippen LogP contribution in [0.3, 0.4) is 0 Å². The lowest BCUT2D eigenvalue weighted by atomic mass is 10.1. The Balaban J connectivity index is 2.07. The first kappa shape index (κ1) is 11.6. The predicted molar refractivity (Wildman–Crippen MR) is 63.3 cm³/mol. The van der Waals surface area contributed by atoms with Gasteiger partial charge in [-0.05, 0) is 30.2 Å². The highest BCUT2D eigenvalue weighted by Crippen LogP contribution is 2.18. The largest absolute Gasteiger partial charge is 0.487 e. The van der Waals surface area contributed by atoms with E-state index in [0.717, 1.165) is 5.69 Å². The molecule has 17 heavy (non-hydrogen) atoms. The number of halogens is 1. The van der Waals surface area contributed by atoms with E-state index in [0.29, 0.717) is 24.3 Å². The molecule has 2 rings (SSSR count). The molecule has 0 aliphatic heterocycles. The van der Waals surface area contributed by atoms with E-state index in [4.69, 9.17) is 4.74 Å². The van der Waals surface area contributed by atoms with E-state index >= 15 is 0 Å². The summed E-state index contributed by atoms with van der Waals surface area (Å²) in [5.41, 5.74) is 1.65. The number of ether oxygens (including phenoxy) is 1. The van der Waals surface area contributed by atoms with Gasteiger partial charge in [0.05, 0.1) is 18.2 Å². The summed E-state index contributed by atoms with van der Waals surface area (Å²) >= 11 is 0. The van der Waals surface area contributed by atoms with Gasteiger partial charge in [0.2, 0.25) is 0 Å². The highest BCUT2D eigenvalue weighted by Gasteiger charge is 2.04. The van der Waals surface area contributed by atoms with Gasteiger partial charge in [-0.1, -0.05) is 6.92 Å². The Morgan fingerprint density at radius 2 is 2.24 bits per heavy atom. The number of hydrogen-bond acceptors (Lipinski definition) is 2. The van der Waals surface area contributed by atoms with Crippen molar-refractivity contribution in [1.82, 2.24) is 9.55 Å². The first-order chi connectivity index (χ1) is 8.20. The second kappa shape index (κ2) is 4.99. The molecule has 4 heteroatoms. The molecule has 3 nitrogen and oxygen atoms in total. The van der Waals surface area contributed by atoms with Crippen LogP contribution in [0.4, 0.5) is 4.39 Å². The van der Waals surface area contributed by atoms with Crippen LogP contribution in [0.15, 0.2) is 30.7 Å². The SMILES string of the molecule is CCc1cc(OCc2cncn2C)ccc1F. The van der Waals surface area contributed by atoms with Crippen LogP contribution < -0.4 is 4.74 Å². The molecule has 0 N–H and O–H groups in total. The lowest BCUT2D eigenvalue weighted by molar-refractivity contribution is 0.296. The van der Waals surface area contributed by atoms with Crippen LogP contribution >= 0.6 is 0 Å². The van der Waals surface area contributed by atoms with Crippen LogP contribution in [-0.4, -0.2) is 9.55 Å². The summed E-state index contributed by atoms with van der Waals surface area (Å²) < 4.78 is 20.8. The van der Waals surface area contributed by atoms with Gasteiger partial charge in [0.1, 0.15) is 18.2 Å². The number of rotatable bonds is 4. The van der Waals surface area contributed by atoms with Crippen LogP contribution in [-0.2, 0) is 20.1 Å². The molecule has 0 aliphatic rings. The molecule has 2 aromatic rings. The fourth-order valence-electron chi connectivity index (χ4n) is 1.59. The average molecular weight is 234 g/mol. The number of benzene rings is 1. The minimum absolute atomic E-state index is 0.180. The molecule has 0 unspecified atom stereocenters. The van der Waals surface area contributed by atoms with Gasteiger partial charge in [-0.2, -0.15) is 0 Å². The van der Waals surface area contributed by atoms with Gasteiger partial charge < -0.3 is 9.30 Å². The zero-order valence-electron chi connectivity index (χ0n) is 9.98. The fourth-order valence-corrected chi connectivity index (χ4v) is 1.59. The quantitative estimate of drug-likeness (QED) is 0.813. The maximum atomic E-state index is 13.3. The Hall–Kier alpha value is -1.84. The summed E-state index contributed by atoms with van der Waals surface area (Å²) in [4.78, 5) is 4.00. The van der Waals surface area contributed by atoms with E-state index in [1.807, 2.05) is 18.5 Å². The van der Waals surface area contributed by atoms with E-state index in [-0.39, 0.29) is 5.82 Å². The normalized spacial score (nSPS) is 10.5. The average Bonchev–Trinajstić information content (AvgIpc) is 2.74. The Morgan fingerprint density at radius 1 is 1.41 bits per heavy atom. The second-order valence-electron chi connectivity index (χ2n) is 3.89. The lowest BCUT2D eigenvalue weighted by Crippen LogP contribution is -2.01. The Kier molecular flexibility index (Phi) is 3.42. The van der Waals surface area contributed by atoms with Gasteiger partial charge in [-0.3, -0.25) is 0 Å². The molecule has 0 bridgehead atoms. The topological polar surface area (TPSA) is 27.1 Å². The van der Waals surface area contributed by atoms with E-state index in [9.17, 15) is 4.39 Å². The third-order valence-corrected chi connectivity index (χ3v) is 2.70. The zero-order chi connectivity index (χ0) is 12.3. The number of aryl methyl sites for hydroxylation is 2. The van der Waals surface area contributed by atoms with Crippen molar-refractivity contribution in [3.8, 4) is 5.75 Å². The molecule has 90 valence electrons. The standard InChI is InChI=1S/C13H15FN2O/c1-3-10-6-12(4-5-13(10)14)17-8-11-7-15-9-16(11)2/h4-7,9H,3,8H2,1-2H3. The molecule has 1 aromatic carbocycles. The van der Waals surface area contributed by atoms with Crippen molar-refractivity contribution >= 4 is 0 Å². The smallest absolute Gasteiger partial charge is 0.130 e. The maximum absolute atomic E-state index is 13.3. The molecule has 1 heterocycles. The summed E-state index contributed by atoms with van der Waals surface area (Å²) in [5, 5.41) is 0. The van der Waals surface area contributed by atoms with Gasteiger partial charge in [0.25, 0.3) is 0 Å². The molecular formula is C13H15FN2O. The van der Waals surface area contributed by atoms with E-state index in [1.54, 1.807) is 24.7 Å². The third kappa shape index (κ3) is 2.64. The van der Waals surface area contributed by atoms with Gasteiger partial charge in [-0.15, -0.1) is 0 Å². The highest BCUT2D eigenvalue weighted by atomic mass is 19.1. The van der Waals surface area contributed by atoms with Crippen molar-refractivity contribution in [2.24, 2.45) is 7.05 Å². The fraction of sp³-hybridized carbons (Fsp3) is 0.308. The molecule has 0 spiro atoms. The zero-order valence-corrected chi connectivity index (χ0v) is 9.98. The molecule has 0 fully saturated rings. The summed E-state index contributed by atoms with van der Waals surface area (Å²) in [6.07, 6.45) is 4.14. The van der Waals surface area contributed by atoms with Gasteiger partial charge in [0.15, 0.2) is 0 Å². The first-order valence-electron chi connectivity index (χ1n) is 5.57. The van der Waals surface area contributed by atoms with Crippen molar-refractivity contribution in [2.45, 2.75) is 20.0 Å². The molecule has 0 amide bonds. The van der Waals surface area contributed by atoms with Crippen LogP contribution in [0.2, 0.25) is 0 Å². The maximum Gasteiger partial charge on any atom is 0.130 e. The van der Waals surface area contributed by atoms with Crippen molar-refractivity contribution in [1.29, 1.82) is 0 Å². The molecule has 0 radical (unpaired) electrons. The van der Waals surface area contributed by atoms with Crippen LogP contribution in [0.5, 0.6) is 5.75 Å². The van der Waals surface area contributed by atoms with Crippen LogP contribution in [0, 0.1) is 5.82 Å².